The van der Waals surface area contributed by atoms with Crippen LogP contribution in [0.25, 0.3) is 0 Å². The van der Waals surface area contributed by atoms with Gasteiger partial charge in [0.15, 0.2) is 5.82 Å². The van der Waals surface area contributed by atoms with E-state index in [9.17, 15) is 5.11 Å². The van der Waals surface area contributed by atoms with Crippen LogP contribution >= 0.6 is 0 Å². The summed E-state index contributed by atoms with van der Waals surface area (Å²) < 4.78 is 6.62. The van der Waals surface area contributed by atoms with Crippen LogP contribution in [0.3, 0.4) is 0 Å². The van der Waals surface area contributed by atoms with Gasteiger partial charge in [-0.3, -0.25) is 0 Å². The van der Waals surface area contributed by atoms with E-state index in [1.54, 1.807) is 43.2 Å². The molecule has 1 heterocycles. The summed E-state index contributed by atoms with van der Waals surface area (Å²) in [5.74, 6) is 1.27. The predicted octanol–water partition coefficient (Wildman–Crippen LogP) is 2.55. The molecule has 6 heteroatoms. The molecular weight excluding hydrogens is 220 g/mol. The summed E-state index contributed by atoms with van der Waals surface area (Å²) >= 11 is 0. The molecule has 0 radical (unpaired) electrons. The highest BCUT2D eigenvalue weighted by Crippen LogP contribution is 2.31. The molecule has 0 aliphatic heterocycles. The number of phenols is 1. The summed E-state index contributed by atoms with van der Waals surface area (Å²) in [6.45, 7) is 0. The number of aromatic nitrogens is 2. The summed E-state index contributed by atoms with van der Waals surface area (Å²) in [5, 5.41) is 21.5. The van der Waals surface area contributed by atoms with E-state index in [1.807, 2.05) is 0 Å². The zero-order valence-electron chi connectivity index (χ0n) is 9.53. The van der Waals surface area contributed by atoms with Crippen molar-refractivity contribution in [3.05, 3.63) is 30.5 Å². The number of nitrogens with zero attached hydrogens (tertiary/aromatic N) is 4. The highest BCUT2D eigenvalue weighted by Gasteiger charge is 2.02. The van der Waals surface area contributed by atoms with Crippen LogP contribution in [0.1, 0.15) is 0 Å². The second-order valence-electron chi connectivity index (χ2n) is 3.37. The molecule has 6 nitrogen and oxygen atoms in total. The molecule has 0 spiro atoms. The fraction of sp³-hybridized carbons (Fsp3) is 0.182. The van der Waals surface area contributed by atoms with E-state index < -0.39 is 0 Å². The van der Waals surface area contributed by atoms with Gasteiger partial charge in [0, 0.05) is 19.2 Å². The SMILES string of the molecule is COc1ccc(O)c(/N=N/c2ccnn2C)c1. The van der Waals surface area contributed by atoms with E-state index >= 15 is 0 Å². The highest BCUT2D eigenvalue weighted by molar-refractivity contribution is 5.54. The summed E-state index contributed by atoms with van der Waals surface area (Å²) in [6, 6.07) is 6.49. The normalized spacial score (nSPS) is 10.9. The Hall–Kier alpha value is -2.37. The third-order valence-electron chi connectivity index (χ3n) is 2.24. The number of hydrogen-bond acceptors (Lipinski definition) is 5. The Bertz CT molecular complexity index is 548. The monoisotopic (exact) mass is 232 g/mol. The summed E-state index contributed by atoms with van der Waals surface area (Å²) in [6.07, 6.45) is 1.62. The molecule has 0 aliphatic carbocycles. The number of aromatic hydroxyl groups is 1. The van der Waals surface area contributed by atoms with E-state index in [-0.39, 0.29) is 5.75 Å². The van der Waals surface area contributed by atoms with Crippen molar-refractivity contribution >= 4 is 11.5 Å². The first-order valence-electron chi connectivity index (χ1n) is 4.97. The standard InChI is InChI=1S/C11H12N4O2/c1-15-11(5-6-12-15)14-13-9-7-8(17-2)3-4-10(9)16/h3-7,16H,1-2H3/b14-13+. The molecule has 0 bridgehead atoms. The Morgan fingerprint density at radius 2 is 2.12 bits per heavy atom. The molecule has 88 valence electrons. The minimum Gasteiger partial charge on any atom is -0.506 e. The Morgan fingerprint density at radius 3 is 2.76 bits per heavy atom. The Kier molecular flexibility index (Phi) is 3.04. The maximum absolute atomic E-state index is 9.60. The predicted molar refractivity (Wildman–Crippen MR) is 62.0 cm³/mol. The minimum atomic E-state index is 0.0525. The minimum absolute atomic E-state index is 0.0525. The number of phenolic OH excluding ortho intramolecular Hbond substituents is 1. The van der Waals surface area contributed by atoms with Crippen molar-refractivity contribution in [1.82, 2.24) is 9.78 Å². The van der Waals surface area contributed by atoms with Crippen molar-refractivity contribution in [2.45, 2.75) is 0 Å². The average molecular weight is 232 g/mol. The molecule has 0 atom stereocenters. The van der Waals surface area contributed by atoms with Crippen molar-refractivity contribution in [1.29, 1.82) is 0 Å². The quantitative estimate of drug-likeness (QED) is 0.826. The van der Waals surface area contributed by atoms with E-state index in [0.717, 1.165) is 0 Å². The first-order chi connectivity index (χ1) is 8.20. The zero-order valence-corrected chi connectivity index (χ0v) is 9.53. The Labute approximate surface area is 98.2 Å². The lowest BCUT2D eigenvalue weighted by atomic mass is 10.3. The number of ether oxygens (including phenoxy) is 1. The zero-order chi connectivity index (χ0) is 12.3. The molecule has 1 aromatic carbocycles. The van der Waals surface area contributed by atoms with E-state index in [0.29, 0.717) is 17.3 Å². The smallest absolute Gasteiger partial charge is 0.172 e. The first-order valence-corrected chi connectivity index (χ1v) is 4.97. The summed E-state index contributed by atoms with van der Waals surface area (Å²) in [5.41, 5.74) is 0.352. The number of benzene rings is 1. The lowest BCUT2D eigenvalue weighted by Gasteiger charge is -2.01. The van der Waals surface area contributed by atoms with Crippen molar-refractivity contribution in [3.63, 3.8) is 0 Å². The lowest BCUT2D eigenvalue weighted by Crippen LogP contribution is -1.87. The largest absolute Gasteiger partial charge is 0.506 e. The van der Waals surface area contributed by atoms with Crippen molar-refractivity contribution in [2.75, 3.05) is 7.11 Å². The molecule has 2 rings (SSSR count). The average Bonchev–Trinajstić information content (AvgIpc) is 2.74. The third kappa shape index (κ3) is 2.41. The van der Waals surface area contributed by atoms with Gasteiger partial charge >= 0.3 is 0 Å². The van der Waals surface area contributed by atoms with Crippen LogP contribution in [0.2, 0.25) is 0 Å². The molecule has 0 amide bonds. The summed E-state index contributed by atoms with van der Waals surface area (Å²) in [7, 11) is 3.31. The van der Waals surface area contributed by atoms with Gasteiger partial charge in [-0.25, -0.2) is 4.68 Å². The van der Waals surface area contributed by atoms with Gasteiger partial charge in [-0.05, 0) is 12.1 Å². The van der Waals surface area contributed by atoms with Gasteiger partial charge < -0.3 is 9.84 Å². The maximum atomic E-state index is 9.60. The molecule has 2 aromatic rings. The molecule has 0 aliphatic rings. The van der Waals surface area contributed by atoms with E-state index in [2.05, 4.69) is 15.3 Å². The fourth-order valence-electron chi connectivity index (χ4n) is 1.28. The molecule has 17 heavy (non-hydrogen) atoms. The molecule has 0 fully saturated rings. The summed E-state index contributed by atoms with van der Waals surface area (Å²) in [4.78, 5) is 0. The van der Waals surface area contributed by atoms with E-state index in [4.69, 9.17) is 4.74 Å². The number of rotatable bonds is 3. The van der Waals surface area contributed by atoms with Gasteiger partial charge in [-0.1, -0.05) is 0 Å². The fourth-order valence-corrected chi connectivity index (χ4v) is 1.28. The third-order valence-corrected chi connectivity index (χ3v) is 2.24. The second-order valence-corrected chi connectivity index (χ2v) is 3.37. The van der Waals surface area contributed by atoms with Crippen LogP contribution in [0, 0.1) is 0 Å². The van der Waals surface area contributed by atoms with E-state index in [1.165, 1.54) is 6.07 Å². The van der Waals surface area contributed by atoms with Gasteiger partial charge in [0.1, 0.15) is 17.2 Å². The lowest BCUT2D eigenvalue weighted by molar-refractivity contribution is 0.412. The molecule has 1 aromatic heterocycles. The molecule has 0 saturated heterocycles. The van der Waals surface area contributed by atoms with Crippen LogP contribution in [0.4, 0.5) is 11.5 Å². The number of aryl methyl sites for hydroxylation is 1. The number of azo groups is 1. The van der Waals surface area contributed by atoms with Crippen LogP contribution in [-0.4, -0.2) is 22.0 Å². The topological polar surface area (TPSA) is 72.0 Å². The molecule has 0 saturated carbocycles. The second kappa shape index (κ2) is 4.65. The highest BCUT2D eigenvalue weighted by atomic mass is 16.5. The van der Waals surface area contributed by atoms with Gasteiger partial charge in [-0.15, -0.1) is 10.2 Å². The maximum Gasteiger partial charge on any atom is 0.172 e. The van der Waals surface area contributed by atoms with Gasteiger partial charge in [0.05, 0.1) is 13.3 Å². The van der Waals surface area contributed by atoms with Crippen LogP contribution in [-0.2, 0) is 7.05 Å². The van der Waals surface area contributed by atoms with Gasteiger partial charge in [-0.2, -0.15) is 5.10 Å². The Balaban J connectivity index is 2.29. The Morgan fingerprint density at radius 1 is 1.29 bits per heavy atom. The van der Waals surface area contributed by atoms with Crippen molar-refractivity contribution in [3.8, 4) is 11.5 Å². The van der Waals surface area contributed by atoms with Gasteiger partial charge in [0.25, 0.3) is 0 Å². The van der Waals surface area contributed by atoms with Crippen molar-refractivity contribution in [2.24, 2.45) is 17.3 Å². The number of hydrogen-bond donors (Lipinski definition) is 1. The van der Waals surface area contributed by atoms with Crippen molar-refractivity contribution < 1.29 is 9.84 Å². The van der Waals surface area contributed by atoms with Crippen LogP contribution in [0.5, 0.6) is 11.5 Å². The first kappa shape index (κ1) is 11.1. The molecule has 1 N–H and O–H groups in total. The van der Waals surface area contributed by atoms with Crippen LogP contribution < -0.4 is 4.74 Å². The van der Waals surface area contributed by atoms with Crippen LogP contribution in [0.15, 0.2) is 40.7 Å². The molecule has 0 unspecified atom stereocenters. The van der Waals surface area contributed by atoms with Gasteiger partial charge in [0.2, 0.25) is 0 Å². The molecular formula is C11H12N4O2. The number of methoxy groups -OCH3 is 1.